The fraction of sp³-hybridized carbons (Fsp3) is 0.560. The average Bonchev–Trinajstić information content (AvgIpc) is 3.11. The zero-order valence-corrected chi connectivity index (χ0v) is 19.1. The predicted octanol–water partition coefficient (Wildman–Crippen LogP) is 3.78. The molecular weight excluding hydrogens is 428 g/mol. The number of aliphatic hydroxyl groups excluding tert-OH is 1. The lowest BCUT2D eigenvalue weighted by molar-refractivity contribution is -0.181. The SMILES string of the molecule is CCC(O[C@@]12CC[C@@H](c3cc(-c4c(F)cccc4F)nnc31)C2(C)C)C(=O)N1CC(CO)C1. The molecule has 0 spiro atoms. The van der Waals surface area contributed by atoms with Gasteiger partial charge in [0, 0.05) is 31.0 Å². The molecule has 1 aliphatic heterocycles. The van der Waals surface area contributed by atoms with Crippen LogP contribution in [0.25, 0.3) is 11.3 Å². The minimum absolute atomic E-state index is 0.0673. The number of hydrogen-bond acceptors (Lipinski definition) is 5. The van der Waals surface area contributed by atoms with E-state index in [4.69, 9.17) is 4.74 Å². The zero-order valence-electron chi connectivity index (χ0n) is 19.1. The molecule has 2 aromatic rings. The van der Waals surface area contributed by atoms with Gasteiger partial charge < -0.3 is 14.7 Å². The molecule has 1 unspecified atom stereocenters. The molecular formula is C25H29F2N3O3. The zero-order chi connectivity index (χ0) is 23.5. The van der Waals surface area contributed by atoms with Crippen LogP contribution in [0.15, 0.2) is 24.3 Å². The Hall–Kier alpha value is -2.45. The summed E-state index contributed by atoms with van der Waals surface area (Å²) in [5, 5.41) is 17.9. The van der Waals surface area contributed by atoms with Crippen LogP contribution in [0.5, 0.6) is 0 Å². The van der Waals surface area contributed by atoms with E-state index in [0.717, 1.165) is 12.0 Å². The summed E-state index contributed by atoms with van der Waals surface area (Å²) >= 11 is 0. The van der Waals surface area contributed by atoms with Crippen molar-refractivity contribution in [3.05, 3.63) is 47.2 Å². The number of aliphatic hydroxyl groups is 1. The van der Waals surface area contributed by atoms with Crippen LogP contribution in [-0.2, 0) is 15.1 Å². The second-order valence-corrected chi connectivity index (χ2v) is 10.1. The predicted molar refractivity (Wildman–Crippen MR) is 117 cm³/mol. The number of fused-ring (bicyclic) bond motifs is 5. The number of ether oxygens (including phenoxy) is 1. The van der Waals surface area contributed by atoms with E-state index >= 15 is 0 Å². The first kappa shape index (κ1) is 22.3. The lowest BCUT2D eigenvalue weighted by atomic mass is 9.77. The van der Waals surface area contributed by atoms with Gasteiger partial charge in [-0.05, 0) is 48.9 Å². The Kier molecular flexibility index (Phi) is 5.29. The molecule has 176 valence electrons. The molecule has 2 bridgehead atoms. The number of hydrogen-bond donors (Lipinski definition) is 1. The van der Waals surface area contributed by atoms with E-state index in [9.17, 15) is 18.7 Å². The van der Waals surface area contributed by atoms with Crippen molar-refractivity contribution in [3.63, 3.8) is 0 Å². The van der Waals surface area contributed by atoms with E-state index in [0.29, 0.717) is 31.6 Å². The number of likely N-dealkylation sites (tertiary alicyclic amines) is 1. The summed E-state index contributed by atoms with van der Waals surface area (Å²) in [6, 6.07) is 5.49. The number of carbonyl (C=O) groups excluding carboxylic acids is 1. The molecule has 2 heterocycles. The molecule has 1 saturated carbocycles. The molecule has 1 N–H and O–H groups in total. The van der Waals surface area contributed by atoms with E-state index in [1.54, 1.807) is 11.0 Å². The summed E-state index contributed by atoms with van der Waals surface area (Å²) in [5.74, 6) is -1.20. The Morgan fingerprint density at radius 3 is 2.61 bits per heavy atom. The van der Waals surface area contributed by atoms with E-state index in [1.165, 1.54) is 18.2 Å². The molecule has 1 aromatic carbocycles. The lowest BCUT2D eigenvalue weighted by Crippen LogP contribution is -2.56. The summed E-state index contributed by atoms with van der Waals surface area (Å²) in [6.07, 6.45) is 1.44. The monoisotopic (exact) mass is 457 g/mol. The molecule has 6 nitrogen and oxygen atoms in total. The highest BCUT2D eigenvalue weighted by Crippen LogP contribution is 2.68. The van der Waals surface area contributed by atoms with Crippen molar-refractivity contribution in [3.8, 4) is 11.3 Å². The number of nitrogens with zero attached hydrogens (tertiary/aromatic N) is 3. The van der Waals surface area contributed by atoms with Crippen molar-refractivity contribution in [1.82, 2.24) is 15.1 Å². The van der Waals surface area contributed by atoms with Crippen LogP contribution in [0.3, 0.4) is 0 Å². The van der Waals surface area contributed by atoms with Gasteiger partial charge in [-0.3, -0.25) is 4.79 Å². The van der Waals surface area contributed by atoms with Gasteiger partial charge in [0.05, 0.1) is 17.0 Å². The molecule has 2 fully saturated rings. The van der Waals surface area contributed by atoms with Crippen LogP contribution in [0, 0.1) is 23.0 Å². The summed E-state index contributed by atoms with van der Waals surface area (Å²) < 4.78 is 35.4. The first-order valence-electron chi connectivity index (χ1n) is 11.6. The Bertz CT molecular complexity index is 1080. The maximum absolute atomic E-state index is 14.4. The van der Waals surface area contributed by atoms with Crippen molar-refractivity contribution in [1.29, 1.82) is 0 Å². The maximum Gasteiger partial charge on any atom is 0.251 e. The molecule has 5 rings (SSSR count). The highest BCUT2D eigenvalue weighted by Gasteiger charge is 2.65. The summed E-state index contributed by atoms with van der Waals surface area (Å²) in [7, 11) is 0. The van der Waals surface area contributed by atoms with E-state index in [2.05, 4.69) is 24.0 Å². The van der Waals surface area contributed by atoms with Gasteiger partial charge in [0.1, 0.15) is 23.3 Å². The number of amides is 1. The minimum atomic E-state index is -0.788. The molecule has 1 aromatic heterocycles. The number of carbonyl (C=O) groups is 1. The number of aromatic nitrogens is 2. The van der Waals surface area contributed by atoms with Gasteiger partial charge in [-0.2, -0.15) is 5.10 Å². The summed E-state index contributed by atoms with van der Waals surface area (Å²) in [5.41, 5.74) is 0.414. The maximum atomic E-state index is 14.4. The first-order valence-corrected chi connectivity index (χ1v) is 11.6. The van der Waals surface area contributed by atoms with Crippen molar-refractivity contribution >= 4 is 5.91 Å². The number of benzene rings is 1. The van der Waals surface area contributed by atoms with Crippen LogP contribution in [-0.4, -0.2) is 51.9 Å². The molecule has 8 heteroatoms. The molecule has 0 radical (unpaired) electrons. The molecule has 2 aliphatic carbocycles. The molecule has 3 aliphatic rings. The van der Waals surface area contributed by atoms with E-state index in [1.807, 2.05) is 6.92 Å². The van der Waals surface area contributed by atoms with Gasteiger partial charge >= 0.3 is 0 Å². The topological polar surface area (TPSA) is 75.6 Å². The van der Waals surface area contributed by atoms with Crippen LogP contribution < -0.4 is 0 Å². The smallest absolute Gasteiger partial charge is 0.251 e. The van der Waals surface area contributed by atoms with Gasteiger partial charge in [0.25, 0.3) is 5.91 Å². The Morgan fingerprint density at radius 2 is 1.97 bits per heavy atom. The van der Waals surface area contributed by atoms with Gasteiger partial charge in [-0.1, -0.05) is 26.8 Å². The van der Waals surface area contributed by atoms with Crippen molar-refractivity contribution in [2.24, 2.45) is 11.3 Å². The van der Waals surface area contributed by atoms with Crippen LogP contribution in [0.1, 0.15) is 57.2 Å². The third-order valence-electron chi connectivity index (χ3n) is 8.01. The number of halogens is 2. The Morgan fingerprint density at radius 1 is 1.27 bits per heavy atom. The Labute approximate surface area is 192 Å². The quantitative estimate of drug-likeness (QED) is 0.715. The molecule has 1 amide bonds. The van der Waals surface area contributed by atoms with E-state index < -0.39 is 23.3 Å². The normalized spacial score (nSPS) is 26.2. The van der Waals surface area contributed by atoms with Gasteiger partial charge in [-0.25, -0.2) is 8.78 Å². The molecule has 1 saturated heterocycles. The fourth-order valence-corrected chi connectivity index (χ4v) is 6.02. The number of rotatable bonds is 6. The Balaban J connectivity index is 1.50. The van der Waals surface area contributed by atoms with Crippen LogP contribution >= 0.6 is 0 Å². The first-order chi connectivity index (χ1) is 15.7. The van der Waals surface area contributed by atoms with Gasteiger partial charge in [0.2, 0.25) is 0 Å². The second-order valence-electron chi connectivity index (χ2n) is 10.1. The van der Waals surface area contributed by atoms with Crippen LogP contribution in [0.4, 0.5) is 8.78 Å². The highest BCUT2D eigenvalue weighted by atomic mass is 19.1. The lowest BCUT2D eigenvalue weighted by Gasteiger charge is -2.44. The average molecular weight is 458 g/mol. The third kappa shape index (κ3) is 3.14. The second kappa shape index (κ2) is 7.81. The minimum Gasteiger partial charge on any atom is -0.396 e. The van der Waals surface area contributed by atoms with Gasteiger partial charge in [-0.15, -0.1) is 5.10 Å². The standard InChI is InChI=1S/C25H29F2N3O3/c1-4-20(23(32)30-11-14(12-30)13-31)33-25-9-8-16(24(25,2)3)15-10-19(28-29-22(15)25)21-17(26)6-5-7-18(21)27/h5-7,10,14,16,20,31H,4,8-9,11-13H2,1-3H3/t16-,20?,25-/m0/s1. The highest BCUT2D eigenvalue weighted by molar-refractivity contribution is 5.81. The van der Waals surface area contributed by atoms with Gasteiger partial charge in [0.15, 0.2) is 0 Å². The van der Waals surface area contributed by atoms with E-state index in [-0.39, 0.29) is 41.0 Å². The summed E-state index contributed by atoms with van der Waals surface area (Å²) in [4.78, 5) is 14.8. The van der Waals surface area contributed by atoms with Crippen molar-refractivity contribution < 1.29 is 23.4 Å². The molecule has 3 atom stereocenters. The summed E-state index contributed by atoms with van der Waals surface area (Å²) in [6.45, 7) is 7.31. The largest absolute Gasteiger partial charge is 0.396 e. The van der Waals surface area contributed by atoms with Crippen molar-refractivity contribution in [2.75, 3.05) is 19.7 Å². The third-order valence-corrected chi connectivity index (χ3v) is 8.01. The fourth-order valence-electron chi connectivity index (χ4n) is 6.02. The van der Waals surface area contributed by atoms with Crippen molar-refractivity contribution in [2.45, 2.75) is 57.7 Å². The van der Waals surface area contributed by atoms with Crippen LogP contribution in [0.2, 0.25) is 0 Å². The molecule has 33 heavy (non-hydrogen) atoms.